The van der Waals surface area contributed by atoms with Crippen molar-refractivity contribution >= 4 is 28.6 Å². The first-order valence-electron chi connectivity index (χ1n) is 6.12. The summed E-state index contributed by atoms with van der Waals surface area (Å²) in [5.41, 5.74) is 2.74. The lowest BCUT2D eigenvalue weighted by molar-refractivity contribution is -0.144. The van der Waals surface area contributed by atoms with Gasteiger partial charge in [0.05, 0.1) is 13.2 Å². The van der Waals surface area contributed by atoms with Crippen molar-refractivity contribution in [3.63, 3.8) is 0 Å². The number of hydrogen-bond acceptors (Lipinski definition) is 3. The molecule has 2 rings (SSSR count). The van der Waals surface area contributed by atoms with Crippen molar-refractivity contribution in [3.8, 4) is 0 Å². The zero-order valence-corrected chi connectivity index (χ0v) is 13.1. The molecule has 1 aromatic rings. The third-order valence-corrected chi connectivity index (χ3v) is 2.87. The number of ether oxygens (including phenoxy) is 1. The van der Waals surface area contributed by atoms with Gasteiger partial charge in [0.1, 0.15) is 0 Å². The third-order valence-electron chi connectivity index (χ3n) is 2.87. The first-order valence-corrected chi connectivity index (χ1v) is 8.28. The van der Waals surface area contributed by atoms with Gasteiger partial charge in [-0.2, -0.15) is 0 Å². The topological polar surface area (TPSA) is 29.5 Å². The number of carbonyl (C=O) groups is 1. The summed E-state index contributed by atoms with van der Waals surface area (Å²) >= 11 is 2.15. The Kier molecular flexibility index (Phi) is 7.27. The molecule has 0 atom stereocenters. The highest BCUT2D eigenvalue weighted by atomic mass is 127. The van der Waals surface area contributed by atoms with E-state index in [1.54, 1.807) is 0 Å². The molecule has 0 bridgehead atoms. The van der Waals surface area contributed by atoms with E-state index >= 15 is 0 Å². The number of halogens is 1. The van der Waals surface area contributed by atoms with Gasteiger partial charge in [0.2, 0.25) is 0 Å². The predicted octanol–water partition coefficient (Wildman–Crippen LogP) is 2.66. The number of esters is 1. The molecule has 1 aliphatic heterocycles. The lowest BCUT2D eigenvalue weighted by Crippen LogP contribution is -2.35. The molecule has 100 valence electrons. The lowest BCUT2D eigenvalue weighted by Gasteiger charge is -2.27. The number of fused-ring (bicyclic) bond motifs is 1. The van der Waals surface area contributed by atoms with Gasteiger partial charge < -0.3 is 4.74 Å². The summed E-state index contributed by atoms with van der Waals surface area (Å²) in [5.74, 6) is -0.123. The van der Waals surface area contributed by atoms with Gasteiger partial charge in [-0.05, 0) is 29.4 Å². The Morgan fingerprint density at radius 1 is 1.33 bits per heavy atom. The van der Waals surface area contributed by atoms with Crippen LogP contribution < -0.4 is 0 Å². The molecule has 0 saturated heterocycles. The van der Waals surface area contributed by atoms with E-state index in [1.165, 1.54) is 11.1 Å². The molecule has 18 heavy (non-hydrogen) atoms. The van der Waals surface area contributed by atoms with Crippen molar-refractivity contribution in [1.82, 2.24) is 4.90 Å². The summed E-state index contributed by atoms with van der Waals surface area (Å²) in [7, 11) is 0. The van der Waals surface area contributed by atoms with Crippen molar-refractivity contribution in [3.05, 3.63) is 35.4 Å². The van der Waals surface area contributed by atoms with Crippen molar-refractivity contribution < 1.29 is 9.53 Å². The largest absolute Gasteiger partial charge is 0.465 e. The molecule has 0 aliphatic carbocycles. The van der Waals surface area contributed by atoms with Crippen LogP contribution >= 0.6 is 22.6 Å². The van der Waals surface area contributed by atoms with Gasteiger partial charge in [0.15, 0.2) is 0 Å². The van der Waals surface area contributed by atoms with Crippen LogP contribution in [0.3, 0.4) is 0 Å². The summed E-state index contributed by atoms with van der Waals surface area (Å²) in [4.78, 5) is 15.5. The van der Waals surface area contributed by atoms with Crippen LogP contribution in [0.15, 0.2) is 24.3 Å². The van der Waals surface area contributed by atoms with E-state index in [-0.39, 0.29) is 5.97 Å². The van der Waals surface area contributed by atoms with E-state index in [1.807, 2.05) is 17.9 Å². The Morgan fingerprint density at radius 3 is 2.67 bits per heavy atom. The Morgan fingerprint density at radius 2 is 2.00 bits per heavy atom. The predicted molar refractivity (Wildman–Crippen MR) is 82.0 cm³/mol. The fourth-order valence-electron chi connectivity index (χ4n) is 2.08. The van der Waals surface area contributed by atoms with Crippen LogP contribution in [0.25, 0.3) is 0 Å². The Hall–Kier alpha value is -0.620. The summed E-state index contributed by atoms with van der Waals surface area (Å²) in [6, 6.07) is 8.41. The average Bonchev–Trinajstić information content (AvgIpc) is 2.41. The Labute approximate surface area is 123 Å². The fraction of sp³-hybridized carbons (Fsp3) is 0.500. The maximum atomic E-state index is 11.4. The number of hydrogen-bond donors (Lipinski definition) is 0. The minimum Gasteiger partial charge on any atom is -0.465 e. The molecule has 0 aromatic heterocycles. The molecular weight excluding hydrogens is 341 g/mol. The molecule has 0 fully saturated rings. The number of nitrogens with zero attached hydrogens (tertiary/aromatic N) is 1. The van der Waals surface area contributed by atoms with E-state index < -0.39 is 0 Å². The first-order chi connectivity index (χ1) is 8.79. The Balaban J connectivity index is 0.000000771. The quantitative estimate of drug-likeness (QED) is 0.471. The maximum Gasteiger partial charge on any atom is 0.320 e. The van der Waals surface area contributed by atoms with Crippen LogP contribution in [0, 0.1) is 0 Å². The van der Waals surface area contributed by atoms with Gasteiger partial charge >= 0.3 is 5.97 Å². The summed E-state index contributed by atoms with van der Waals surface area (Å²) in [5, 5.41) is 0. The molecule has 0 saturated carbocycles. The molecule has 1 heterocycles. The molecule has 3 nitrogen and oxygen atoms in total. The van der Waals surface area contributed by atoms with Crippen LogP contribution in [0.4, 0.5) is 0 Å². The molecule has 1 aromatic carbocycles. The molecule has 0 radical (unpaired) electrons. The zero-order chi connectivity index (χ0) is 13.4. The minimum atomic E-state index is -0.123. The van der Waals surface area contributed by atoms with E-state index in [4.69, 9.17) is 4.74 Å². The normalized spacial score (nSPS) is 14.2. The number of benzene rings is 1. The summed E-state index contributed by atoms with van der Waals surface area (Å²) in [6.45, 7) is 4.50. The highest BCUT2D eigenvalue weighted by Gasteiger charge is 2.18. The average molecular weight is 361 g/mol. The van der Waals surface area contributed by atoms with Crippen molar-refractivity contribution in [2.24, 2.45) is 0 Å². The fourth-order valence-corrected chi connectivity index (χ4v) is 2.08. The number of alkyl halides is 1. The van der Waals surface area contributed by atoms with Gasteiger partial charge in [-0.15, -0.1) is 0 Å². The van der Waals surface area contributed by atoms with Gasteiger partial charge in [-0.1, -0.05) is 46.9 Å². The van der Waals surface area contributed by atoms with Crippen LogP contribution in [-0.4, -0.2) is 35.5 Å². The SMILES string of the molecule is CCOC(=O)CN1CCc2ccccc2C1.CI. The Bertz CT molecular complexity index is 382. The van der Waals surface area contributed by atoms with Crippen molar-refractivity contribution in [2.75, 3.05) is 24.6 Å². The second-order valence-corrected chi connectivity index (χ2v) is 4.03. The van der Waals surface area contributed by atoms with Crippen molar-refractivity contribution in [2.45, 2.75) is 19.9 Å². The molecule has 0 amide bonds. The van der Waals surface area contributed by atoms with Crippen LogP contribution in [0.1, 0.15) is 18.1 Å². The third kappa shape index (κ3) is 4.57. The molecule has 0 unspecified atom stereocenters. The van der Waals surface area contributed by atoms with E-state index in [0.29, 0.717) is 13.2 Å². The van der Waals surface area contributed by atoms with Gasteiger partial charge in [-0.25, -0.2) is 0 Å². The highest BCUT2D eigenvalue weighted by molar-refractivity contribution is 14.1. The van der Waals surface area contributed by atoms with Gasteiger partial charge in [-0.3, -0.25) is 9.69 Å². The van der Waals surface area contributed by atoms with Crippen molar-refractivity contribution in [1.29, 1.82) is 0 Å². The molecular formula is C14H20INO2. The second-order valence-electron chi connectivity index (χ2n) is 4.03. The highest BCUT2D eigenvalue weighted by Crippen LogP contribution is 2.17. The van der Waals surface area contributed by atoms with Crippen LogP contribution in [0.2, 0.25) is 0 Å². The molecule has 1 aliphatic rings. The van der Waals surface area contributed by atoms with Crippen LogP contribution in [-0.2, 0) is 22.5 Å². The molecule has 0 N–H and O–H groups in total. The lowest BCUT2D eigenvalue weighted by atomic mass is 10.0. The standard InChI is InChI=1S/C13H17NO2.CH3I/c1-2-16-13(15)10-14-8-7-11-5-3-4-6-12(11)9-14;1-2/h3-6H,2,7-10H2,1H3;1H3. The maximum absolute atomic E-state index is 11.4. The minimum absolute atomic E-state index is 0.123. The van der Waals surface area contributed by atoms with E-state index in [2.05, 4.69) is 45.7 Å². The van der Waals surface area contributed by atoms with E-state index in [0.717, 1.165) is 19.5 Å². The molecule has 0 spiro atoms. The summed E-state index contributed by atoms with van der Waals surface area (Å²) in [6.07, 6.45) is 1.02. The smallest absolute Gasteiger partial charge is 0.320 e. The summed E-state index contributed by atoms with van der Waals surface area (Å²) < 4.78 is 4.95. The van der Waals surface area contributed by atoms with Crippen LogP contribution in [0.5, 0.6) is 0 Å². The van der Waals surface area contributed by atoms with E-state index in [9.17, 15) is 4.79 Å². The monoisotopic (exact) mass is 361 g/mol. The number of rotatable bonds is 3. The van der Waals surface area contributed by atoms with Gasteiger partial charge in [0.25, 0.3) is 0 Å². The second kappa shape index (κ2) is 8.48. The molecule has 4 heteroatoms. The van der Waals surface area contributed by atoms with Gasteiger partial charge in [0, 0.05) is 13.1 Å². The first kappa shape index (κ1) is 15.4. The zero-order valence-electron chi connectivity index (χ0n) is 11.0. The number of carbonyl (C=O) groups excluding carboxylic acids is 1.